The van der Waals surface area contributed by atoms with E-state index < -0.39 is 17.3 Å². The minimum atomic E-state index is -4.54. The topological polar surface area (TPSA) is 83.0 Å². The van der Waals surface area contributed by atoms with Gasteiger partial charge in [0.2, 0.25) is 11.8 Å². The first-order chi connectivity index (χ1) is 14.4. The molecule has 1 aromatic carbocycles. The smallest absolute Gasteiger partial charge is 0.416 e. The van der Waals surface area contributed by atoms with Crippen LogP contribution in [0.2, 0.25) is 0 Å². The monoisotopic (exact) mass is 570 g/mol. The molecule has 2 amide bonds. The Labute approximate surface area is 203 Å². The van der Waals surface area contributed by atoms with Crippen LogP contribution in [-0.4, -0.2) is 48.4 Å². The third-order valence-corrected chi connectivity index (χ3v) is 4.49. The molecule has 1 aliphatic heterocycles. The number of hydrogen-bond donors (Lipinski definition) is 2. The maximum atomic E-state index is 13.6. The highest BCUT2D eigenvalue weighted by molar-refractivity contribution is 14.0. The number of nitrogens with one attached hydrogen (secondary N) is 2. The Morgan fingerprint density at radius 3 is 2.28 bits per heavy atom. The fraction of sp³-hybridized carbons (Fsp3) is 0.571. The van der Waals surface area contributed by atoms with Crippen molar-refractivity contribution >= 4 is 41.8 Å². The minimum Gasteiger partial charge on any atom is -0.488 e. The molecular formula is C21H30F3IN4O3. The molecule has 0 aliphatic carbocycles. The molecule has 1 heterocycles. The zero-order valence-electron chi connectivity index (χ0n) is 18.6. The van der Waals surface area contributed by atoms with E-state index in [-0.39, 0.29) is 72.7 Å². The van der Waals surface area contributed by atoms with Crippen LogP contribution >= 0.6 is 24.0 Å². The van der Waals surface area contributed by atoms with Gasteiger partial charge in [0.1, 0.15) is 11.4 Å². The van der Waals surface area contributed by atoms with Gasteiger partial charge in [-0.25, -0.2) is 0 Å². The summed E-state index contributed by atoms with van der Waals surface area (Å²) in [6, 6.07) is 3.86. The molecule has 2 N–H and O–H groups in total. The molecule has 1 saturated heterocycles. The van der Waals surface area contributed by atoms with Crippen LogP contribution in [0.3, 0.4) is 0 Å². The molecule has 1 aliphatic rings. The highest BCUT2D eigenvalue weighted by atomic mass is 127. The number of piperidine rings is 1. The zero-order valence-corrected chi connectivity index (χ0v) is 21.0. The fourth-order valence-corrected chi connectivity index (χ4v) is 3.13. The SMILES string of the molecule is CN=C(NCCN1C(=O)CCCC1=O)NCc1ccc(OC(C)(C)C)cc1C(F)(F)F.I. The molecule has 0 saturated carbocycles. The Bertz CT molecular complexity index is 823. The maximum Gasteiger partial charge on any atom is 0.416 e. The molecule has 1 fully saturated rings. The lowest BCUT2D eigenvalue weighted by molar-refractivity contribution is -0.147. The van der Waals surface area contributed by atoms with Crippen LogP contribution in [0.1, 0.15) is 51.2 Å². The van der Waals surface area contributed by atoms with Crippen LogP contribution < -0.4 is 15.4 Å². The number of halogens is 4. The minimum absolute atomic E-state index is 0. The Balaban J connectivity index is 0.00000512. The van der Waals surface area contributed by atoms with Gasteiger partial charge in [-0.1, -0.05) is 6.07 Å². The highest BCUT2D eigenvalue weighted by Crippen LogP contribution is 2.35. The third-order valence-electron chi connectivity index (χ3n) is 4.49. The molecule has 180 valence electrons. The molecule has 7 nitrogen and oxygen atoms in total. The van der Waals surface area contributed by atoms with Gasteiger partial charge in [0, 0.05) is 39.5 Å². The molecule has 1 aromatic rings. The summed E-state index contributed by atoms with van der Waals surface area (Å²) in [4.78, 5) is 28.8. The first-order valence-corrected chi connectivity index (χ1v) is 10.1. The Hall–Kier alpha value is -2.05. The predicted molar refractivity (Wildman–Crippen MR) is 126 cm³/mol. The van der Waals surface area contributed by atoms with Crippen LogP contribution in [0.25, 0.3) is 0 Å². The van der Waals surface area contributed by atoms with Gasteiger partial charge < -0.3 is 15.4 Å². The van der Waals surface area contributed by atoms with E-state index in [2.05, 4.69) is 15.6 Å². The van der Waals surface area contributed by atoms with Crippen LogP contribution in [0.4, 0.5) is 13.2 Å². The van der Waals surface area contributed by atoms with Gasteiger partial charge in [0.25, 0.3) is 0 Å². The lowest BCUT2D eigenvalue weighted by Crippen LogP contribution is -2.46. The standard InChI is InChI=1S/C21H29F3N4O3.HI/c1-20(2,3)31-15-9-8-14(16(12-15)21(22,23)24)13-27-19(25-4)26-10-11-28-17(29)6-5-7-18(28)30;/h8-9,12H,5-7,10-11,13H2,1-4H3,(H2,25,26,27);1H. The number of guanidine groups is 1. The van der Waals surface area contributed by atoms with E-state index in [4.69, 9.17) is 4.74 Å². The number of carbonyl (C=O) groups is 2. The number of aliphatic imine (C=N–C) groups is 1. The van der Waals surface area contributed by atoms with Gasteiger partial charge >= 0.3 is 6.18 Å². The van der Waals surface area contributed by atoms with Crippen molar-refractivity contribution in [3.63, 3.8) is 0 Å². The summed E-state index contributed by atoms with van der Waals surface area (Å²) in [6.45, 7) is 5.57. The predicted octanol–water partition coefficient (Wildman–Crippen LogP) is 3.70. The number of hydrogen-bond acceptors (Lipinski definition) is 4. The zero-order chi connectivity index (χ0) is 23.2. The maximum absolute atomic E-state index is 13.6. The first-order valence-electron chi connectivity index (χ1n) is 10.1. The van der Waals surface area contributed by atoms with E-state index >= 15 is 0 Å². The highest BCUT2D eigenvalue weighted by Gasteiger charge is 2.34. The van der Waals surface area contributed by atoms with Crippen molar-refractivity contribution < 1.29 is 27.5 Å². The van der Waals surface area contributed by atoms with E-state index in [0.717, 1.165) is 6.07 Å². The largest absolute Gasteiger partial charge is 0.488 e. The van der Waals surface area contributed by atoms with Gasteiger partial charge in [-0.3, -0.25) is 19.5 Å². The number of benzene rings is 1. The summed E-state index contributed by atoms with van der Waals surface area (Å²) in [5, 5.41) is 5.75. The van der Waals surface area contributed by atoms with Gasteiger partial charge in [-0.2, -0.15) is 13.2 Å². The molecule has 0 atom stereocenters. The van der Waals surface area contributed by atoms with Gasteiger partial charge in [0.05, 0.1) is 5.56 Å². The van der Waals surface area contributed by atoms with Crippen molar-refractivity contribution in [2.75, 3.05) is 20.1 Å². The third kappa shape index (κ3) is 8.47. The second kappa shape index (κ2) is 11.7. The van der Waals surface area contributed by atoms with E-state index in [9.17, 15) is 22.8 Å². The summed E-state index contributed by atoms with van der Waals surface area (Å²) in [6.07, 6.45) is -3.30. The van der Waals surface area contributed by atoms with E-state index in [0.29, 0.717) is 19.3 Å². The number of amides is 2. The Morgan fingerprint density at radius 1 is 1.12 bits per heavy atom. The van der Waals surface area contributed by atoms with Crippen molar-refractivity contribution in [1.82, 2.24) is 15.5 Å². The molecule has 0 bridgehead atoms. The Kier molecular flexibility index (Phi) is 10.2. The normalized spacial score (nSPS) is 15.3. The number of rotatable bonds is 6. The van der Waals surface area contributed by atoms with Gasteiger partial charge in [0.15, 0.2) is 5.96 Å². The van der Waals surface area contributed by atoms with Crippen LogP contribution in [0, 0.1) is 0 Å². The summed E-state index contributed by atoms with van der Waals surface area (Å²) in [5.74, 6) is -0.0243. The molecular weight excluding hydrogens is 540 g/mol. The molecule has 0 aromatic heterocycles. The molecule has 0 spiro atoms. The molecule has 2 rings (SSSR count). The fourth-order valence-electron chi connectivity index (χ4n) is 3.13. The van der Waals surface area contributed by atoms with Crippen molar-refractivity contribution in [2.24, 2.45) is 4.99 Å². The average Bonchev–Trinajstić information content (AvgIpc) is 2.65. The molecule has 32 heavy (non-hydrogen) atoms. The summed E-state index contributed by atoms with van der Waals surface area (Å²) in [7, 11) is 1.48. The first kappa shape index (κ1) is 28.0. The van der Waals surface area contributed by atoms with E-state index in [1.165, 1.54) is 24.1 Å². The van der Waals surface area contributed by atoms with Crippen LogP contribution in [0.15, 0.2) is 23.2 Å². The summed E-state index contributed by atoms with van der Waals surface area (Å²) in [5.41, 5.74) is -1.37. The van der Waals surface area contributed by atoms with Crippen LogP contribution in [-0.2, 0) is 22.3 Å². The van der Waals surface area contributed by atoms with Crippen molar-refractivity contribution in [3.05, 3.63) is 29.3 Å². The number of imide groups is 1. The van der Waals surface area contributed by atoms with E-state index in [1.807, 2.05) is 0 Å². The molecule has 0 radical (unpaired) electrons. The molecule has 11 heteroatoms. The van der Waals surface area contributed by atoms with Crippen molar-refractivity contribution in [3.8, 4) is 5.75 Å². The number of carbonyl (C=O) groups excluding carboxylic acids is 2. The second-order valence-corrected chi connectivity index (χ2v) is 8.18. The Morgan fingerprint density at radius 2 is 1.75 bits per heavy atom. The van der Waals surface area contributed by atoms with Gasteiger partial charge in [-0.15, -0.1) is 24.0 Å². The number of nitrogens with zero attached hydrogens (tertiary/aromatic N) is 2. The number of ether oxygens (including phenoxy) is 1. The number of likely N-dealkylation sites (tertiary alicyclic amines) is 1. The summed E-state index contributed by atoms with van der Waals surface area (Å²) >= 11 is 0. The lowest BCUT2D eigenvalue weighted by Gasteiger charge is -2.25. The van der Waals surface area contributed by atoms with Crippen molar-refractivity contribution in [2.45, 2.75) is 58.4 Å². The van der Waals surface area contributed by atoms with Crippen LogP contribution in [0.5, 0.6) is 5.75 Å². The second-order valence-electron chi connectivity index (χ2n) is 8.18. The molecule has 0 unspecified atom stereocenters. The lowest BCUT2D eigenvalue weighted by atomic mass is 10.1. The quantitative estimate of drug-likeness (QED) is 0.236. The summed E-state index contributed by atoms with van der Waals surface area (Å²) < 4.78 is 46.2. The average molecular weight is 570 g/mol. The van der Waals surface area contributed by atoms with Crippen molar-refractivity contribution in [1.29, 1.82) is 0 Å². The van der Waals surface area contributed by atoms with E-state index in [1.54, 1.807) is 20.8 Å². The van der Waals surface area contributed by atoms with Gasteiger partial charge in [-0.05, 0) is 44.9 Å². The number of alkyl halides is 3.